The molecule has 0 fully saturated rings. The number of aromatic nitrogens is 3. The molecule has 21 heavy (non-hydrogen) atoms. The lowest BCUT2D eigenvalue weighted by molar-refractivity contribution is -0.122. The zero-order valence-electron chi connectivity index (χ0n) is 12.0. The van der Waals surface area contributed by atoms with E-state index in [2.05, 4.69) is 20.9 Å². The van der Waals surface area contributed by atoms with E-state index in [1.54, 1.807) is 18.3 Å². The lowest BCUT2D eigenvalue weighted by Crippen LogP contribution is -2.30. The average molecular weight is 291 g/mol. The smallest absolute Gasteiger partial charge is 0.242 e. The number of carbonyl (C=O) groups is 1. The van der Waals surface area contributed by atoms with Crippen LogP contribution in [0.1, 0.15) is 24.2 Å². The molecule has 0 aliphatic carbocycles. The van der Waals surface area contributed by atoms with Gasteiger partial charge < -0.3 is 10.6 Å². The second-order valence-electron chi connectivity index (χ2n) is 4.78. The summed E-state index contributed by atoms with van der Waals surface area (Å²) in [6.45, 7) is 2.55. The molecule has 0 aliphatic rings. The molecule has 1 aromatic carbocycles. The normalized spacial score (nSPS) is 12.1. The molecule has 2 aromatic rings. The van der Waals surface area contributed by atoms with E-state index in [-0.39, 0.29) is 24.3 Å². The van der Waals surface area contributed by atoms with E-state index in [1.165, 1.54) is 16.8 Å². The number of nitrogens with one attached hydrogen (secondary N) is 2. The lowest BCUT2D eigenvalue weighted by atomic mass is 10.1. The summed E-state index contributed by atoms with van der Waals surface area (Å²) in [4.78, 5) is 11.9. The minimum Gasteiger partial charge on any atom is -0.348 e. The molecule has 1 aromatic heterocycles. The van der Waals surface area contributed by atoms with E-state index >= 15 is 0 Å². The Bertz CT molecular complexity index is 596. The number of hydrogen-bond donors (Lipinski definition) is 2. The molecule has 0 saturated carbocycles. The third-order valence-corrected chi connectivity index (χ3v) is 3.00. The van der Waals surface area contributed by atoms with Crippen LogP contribution in [0.25, 0.3) is 0 Å². The van der Waals surface area contributed by atoms with Crippen LogP contribution in [0.15, 0.2) is 30.5 Å². The maximum absolute atomic E-state index is 12.9. The van der Waals surface area contributed by atoms with Crippen LogP contribution in [0.3, 0.4) is 0 Å². The number of carbonyl (C=O) groups excluding carboxylic acids is 1. The van der Waals surface area contributed by atoms with E-state index in [4.69, 9.17) is 0 Å². The van der Waals surface area contributed by atoms with Crippen LogP contribution in [0, 0.1) is 5.82 Å². The van der Waals surface area contributed by atoms with Crippen LogP contribution < -0.4 is 10.6 Å². The Balaban J connectivity index is 1.89. The average Bonchev–Trinajstić information content (AvgIpc) is 2.87. The molecular weight excluding hydrogens is 273 g/mol. The minimum absolute atomic E-state index is 0.0995. The van der Waals surface area contributed by atoms with Crippen molar-refractivity contribution in [3.8, 4) is 0 Å². The van der Waals surface area contributed by atoms with Crippen molar-refractivity contribution in [1.82, 2.24) is 25.6 Å². The van der Waals surface area contributed by atoms with Crippen molar-refractivity contribution in [2.24, 2.45) is 0 Å². The standard InChI is InChI=1S/C14H18FN5O/c1-10(11-3-5-12(15)6-4-11)17-14(21)9-20-8-13(7-16-2)18-19-20/h3-6,8,10,16H,7,9H2,1-2H3,(H,17,21). The van der Waals surface area contributed by atoms with Gasteiger partial charge in [0.2, 0.25) is 5.91 Å². The Morgan fingerprint density at radius 2 is 2.10 bits per heavy atom. The summed E-state index contributed by atoms with van der Waals surface area (Å²) in [5.41, 5.74) is 1.62. The number of hydrogen-bond acceptors (Lipinski definition) is 4. The summed E-state index contributed by atoms with van der Waals surface area (Å²) in [5, 5.41) is 13.6. The summed E-state index contributed by atoms with van der Waals surface area (Å²) in [6.07, 6.45) is 1.72. The van der Waals surface area contributed by atoms with E-state index in [9.17, 15) is 9.18 Å². The van der Waals surface area contributed by atoms with Crippen molar-refractivity contribution in [3.63, 3.8) is 0 Å². The molecule has 6 nitrogen and oxygen atoms in total. The quantitative estimate of drug-likeness (QED) is 0.833. The Morgan fingerprint density at radius 3 is 2.76 bits per heavy atom. The van der Waals surface area contributed by atoms with Crippen molar-refractivity contribution in [2.45, 2.75) is 26.1 Å². The molecule has 112 valence electrons. The van der Waals surface area contributed by atoms with Gasteiger partial charge in [0.25, 0.3) is 0 Å². The first kappa shape index (κ1) is 15.1. The van der Waals surface area contributed by atoms with Gasteiger partial charge in [0.15, 0.2) is 0 Å². The van der Waals surface area contributed by atoms with Gasteiger partial charge in [0, 0.05) is 6.54 Å². The topological polar surface area (TPSA) is 71.8 Å². The molecule has 7 heteroatoms. The number of nitrogens with zero attached hydrogens (tertiary/aromatic N) is 3. The van der Waals surface area contributed by atoms with Crippen molar-refractivity contribution < 1.29 is 9.18 Å². The summed E-state index contributed by atoms with van der Waals surface area (Å²) in [5.74, 6) is -0.468. The number of halogens is 1. The molecule has 0 radical (unpaired) electrons. The Labute approximate surface area is 122 Å². The van der Waals surface area contributed by atoms with Crippen LogP contribution in [0.5, 0.6) is 0 Å². The molecule has 1 heterocycles. The van der Waals surface area contributed by atoms with Crippen molar-refractivity contribution >= 4 is 5.91 Å². The molecule has 1 atom stereocenters. The van der Waals surface area contributed by atoms with Crippen molar-refractivity contribution in [2.75, 3.05) is 7.05 Å². The summed E-state index contributed by atoms with van der Waals surface area (Å²) < 4.78 is 14.3. The van der Waals surface area contributed by atoms with Gasteiger partial charge in [-0.05, 0) is 31.7 Å². The highest BCUT2D eigenvalue weighted by molar-refractivity contribution is 5.76. The van der Waals surface area contributed by atoms with E-state index in [0.29, 0.717) is 6.54 Å². The van der Waals surface area contributed by atoms with Crippen LogP contribution in [0.4, 0.5) is 4.39 Å². The molecule has 2 rings (SSSR count). The van der Waals surface area contributed by atoms with Crippen LogP contribution >= 0.6 is 0 Å². The van der Waals surface area contributed by atoms with Crippen LogP contribution in [0.2, 0.25) is 0 Å². The summed E-state index contributed by atoms with van der Waals surface area (Å²) in [6, 6.07) is 5.86. The summed E-state index contributed by atoms with van der Waals surface area (Å²) in [7, 11) is 1.82. The fraction of sp³-hybridized carbons (Fsp3) is 0.357. The van der Waals surface area contributed by atoms with Crippen LogP contribution in [-0.2, 0) is 17.9 Å². The number of amides is 1. The highest BCUT2D eigenvalue weighted by Gasteiger charge is 2.11. The SMILES string of the molecule is CNCc1cn(CC(=O)NC(C)c2ccc(F)cc2)nn1. The predicted octanol–water partition coefficient (Wildman–Crippen LogP) is 1.01. The predicted molar refractivity (Wildman–Crippen MR) is 75.7 cm³/mol. The molecule has 2 N–H and O–H groups in total. The van der Waals surface area contributed by atoms with Gasteiger partial charge in [0.1, 0.15) is 12.4 Å². The largest absolute Gasteiger partial charge is 0.348 e. The van der Waals surface area contributed by atoms with E-state index < -0.39 is 0 Å². The number of rotatable bonds is 6. The minimum atomic E-state index is -0.294. The molecule has 1 amide bonds. The Morgan fingerprint density at radius 1 is 1.38 bits per heavy atom. The van der Waals surface area contributed by atoms with E-state index in [1.807, 2.05) is 14.0 Å². The number of benzene rings is 1. The van der Waals surface area contributed by atoms with Crippen LogP contribution in [-0.4, -0.2) is 27.9 Å². The highest BCUT2D eigenvalue weighted by atomic mass is 19.1. The van der Waals surface area contributed by atoms with Gasteiger partial charge in [-0.25, -0.2) is 9.07 Å². The maximum atomic E-state index is 12.9. The second-order valence-corrected chi connectivity index (χ2v) is 4.78. The van der Waals surface area contributed by atoms with Gasteiger partial charge in [-0.2, -0.15) is 0 Å². The third-order valence-electron chi connectivity index (χ3n) is 3.00. The first-order valence-corrected chi connectivity index (χ1v) is 6.67. The first-order valence-electron chi connectivity index (χ1n) is 6.67. The molecule has 0 spiro atoms. The second kappa shape index (κ2) is 6.94. The van der Waals surface area contributed by atoms with Crippen molar-refractivity contribution in [3.05, 3.63) is 47.5 Å². The van der Waals surface area contributed by atoms with Gasteiger partial charge >= 0.3 is 0 Å². The monoisotopic (exact) mass is 291 g/mol. The maximum Gasteiger partial charge on any atom is 0.242 e. The third kappa shape index (κ3) is 4.35. The van der Waals surface area contributed by atoms with Crippen molar-refractivity contribution in [1.29, 1.82) is 0 Å². The Hall–Kier alpha value is -2.28. The molecule has 0 aliphatic heterocycles. The Kier molecular flexibility index (Phi) is 4.99. The van der Waals surface area contributed by atoms with E-state index in [0.717, 1.165) is 11.3 Å². The van der Waals surface area contributed by atoms with Gasteiger partial charge in [0.05, 0.1) is 17.9 Å². The zero-order chi connectivity index (χ0) is 15.2. The molecule has 0 saturated heterocycles. The summed E-state index contributed by atoms with van der Waals surface area (Å²) >= 11 is 0. The highest BCUT2D eigenvalue weighted by Crippen LogP contribution is 2.12. The van der Waals surface area contributed by atoms with Gasteiger partial charge in [-0.15, -0.1) is 5.10 Å². The fourth-order valence-corrected chi connectivity index (χ4v) is 1.95. The lowest BCUT2D eigenvalue weighted by Gasteiger charge is -2.14. The molecule has 0 bridgehead atoms. The first-order chi connectivity index (χ1) is 10.1. The van der Waals surface area contributed by atoms with Gasteiger partial charge in [-0.1, -0.05) is 17.3 Å². The molecule has 1 unspecified atom stereocenters. The molecular formula is C14H18FN5O. The fourth-order valence-electron chi connectivity index (χ4n) is 1.95. The van der Waals surface area contributed by atoms with Gasteiger partial charge in [-0.3, -0.25) is 4.79 Å². The zero-order valence-corrected chi connectivity index (χ0v) is 12.0.